The van der Waals surface area contributed by atoms with E-state index in [4.69, 9.17) is 0 Å². The number of aromatic nitrogens is 3. The van der Waals surface area contributed by atoms with Crippen LogP contribution in [0.15, 0.2) is 59.5 Å². The molecule has 4 rings (SSSR count). The second-order valence-corrected chi connectivity index (χ2v) is 5.59. The quantitative estimate of drug-likeness (QED) is 0.604. The number of rotatable bonds is 3. The molecule has 2 heterocycles. The first-order valence-corrected chi connectivity index (χ1v) is 7.64. The summed E-state index contributed by atoms with van der Waals surface area (Å²) in [5, 5.41) is 8.09. The molecule has 0 aliphatic heterocycles. The minimum Gasteiger partial charge on any atom is -0.350 e. The number of carbonyl (C=O) groups excluding carboxylic acids is 1. The van der Waals surface area contributed by atoms with Crippen LogP contribution in [0, 0.1) is 5.82 Å². The molecular weight excluding hydrogens is 323 g/mol. The van der Waals surface area contributed by atoms with Gasteiger partial charge >= 0.3 is 0 Å². The number of carbonyl (C=O) groups is 1. The summed E-state index contributed by atoms with van der Waals surface area (Å²) in [7, 11) is 0. The van der Waals surface area contributed by atoms with Gasteiger partial charge in [0.15, 0.2) is 0 Å². The zero-order chi connectivity index (χ0) is 17.4. The normalized spacial score (nSPS) is 11.1. The number of hydrogen-bond acceptors (Lipinski definition) is 3. The Morgan fingerprint density at radius 3 is 2.72 bits per heavy atom. The molecule has 0 atom stereocenters. The molecule has 7 heteroatoms. The van der Waals surface area contributed by atoms with Crippen LogP contribution in [0.5, 0.6) is 0 Å². The van der Waals surface area contributed by atoms with E-state index in [-0.39, 0.29) is 12.2 Å². The molecule has 2 aromatic heterocycles. The van der Waals surface area contributed by atoms with E-state index < -0.39 is 17.3 Å². The van der Waals surface area contributed by atoms with E-state index in [1.807, 2.05) is 24.3 Å². The van der Waals surface area contributed by atoms with Gasteiger partial charge in [-0.25, -0.2) is 9.07 Å². The van der Waals surface area contributed by atoms with Gasteiger partial charge in [-0.3, -0.25) is 9.59 Å². The Morgan fingerprint density at radius 1 is 1.12 bits per heavy atom. The van der Waals surface area contributed by atoms with Gasteiger partial charge in [0.2, 0.25) is 5.91 Å². The van der Waals surface area contributed by atoms with Gasteiger partial charge in [-0.05, 0) is 18.2 Å². The lowest BCUT2D eigenvalue weighted by molar-refractivity contribution is -0.117. The summed E-state index contributed by atoms with van der Waals surface area (Å²) in [6.07, 6.45) is 1.55. The largest absolute Gasteiger partial charge is 0.350 e. The summed E-state index contributed by atoms with van der Waals surface area (Å²) in [6.45, 7) is -0.307. The van der Waals surface area contributed by atoms with Crippen LogP contribution in [-0.2, 0) is 11.3 Å². The summed E-state index contributed by atoms with van der Waals surface area (Å²) in [5.41, 5.74) is 0.865. The SMILES string of the molecule is O=C(Cn1ncc2c([nH]c3ccccc32)c1=O)Nc1ccccc1F. The minimum absolute atomic E-state index is 0.0623. The van der Waals surface area contributed by atoms with Crippen LogP contribution in [0.25, 0.3) is 21.8 Å². The summed E-state index contributed by atoms with van der Waals surface area (Å²) < 4.78 is 14.6. The number of nitrogens with one attached hydrogen (secondary N) is 2. The average molecular weight is 336 g/mol. The zero-order valence-electron chi connectivity index (χ0n) is 13.0. The van der Waals surface area contributed by atoms with Crippen LogP contribution in [0.3, 0.4) is 0 Å². The van der Waals surface area contributed by atoms with Crippen LogP contribution in [0.4, 0.5) is 10.1 Å². The minimum atomic E-state index is -0.540. The van der Waals surface area contributed by atoms with Gasteiger partial charge in [0.05, 0.1) is 11.9 Å². The van der Waals surface area contributed by atoms with E-state index in [9.17, 15) is 14.0 Å². The molecule has 0 saturated heterocycles. The first-order valence-electron chi connectivity index (χ1n) is 7.64. The van der Waals surface area contributed by atoms with Gasteiger partial charge in [0.1, 0.15) is 17.9 Å². The Balaban J connectivity index is 1.67. The summed E-state index contributed by atoms with van der Waals surface area (Å²) in [6, 6.07) is 13.3. The van der Waals surface area contributed by atoms with Crippen LogP contribution in [0.1, 0.15) is 0 Å². The number of H-pyrrole nitrogens is 1. The molecule has 0 aliphatic carbocycles. The van der Waals surface area contributed by atoms with Gasteiger partial charge < -0.3 is 10.3 Å². The highest BCUT2D eigenvalue weighted by Crippen LogP contribution is 2.21. The molecule has 124 valence electrons. The summed E-state index contributed by atoms with van der Waals surface area (Å²) in [5.74, 6) is -1.07. The number of fused-ring (bicyclic) bond motifs is 3. The number of aromatic amines is 1. The smallest absolute Gasteiger partial charge is 0.291 e. The third-order valence-corrected chi connectivity index (χ3v) is 3.96. The molecule has 0 fully saturated rings. The van der Waals surface area contributed by atoms with Crippen molar-refractivity contribution in [2.45, 2.75) is 6.54 Å². The summed E-state index contributed by atoms with van der Waals surface area (Å²) >= 11 is 0. The Kier molecular flexibility index (Phi) is 3.53. The molecule has 0 spiro atoms. The van der Waals surface area contributed by atoms with E-state index in [0.29, 0.717) is 10.9 Å². The highest BCUT2D eigenvalue weighted by atomic mass is 19.1. The maximum absolute atomic E-state index is 13.6. The predicted octanol–water partition coefficient (Wildman–Crippen LogP) is 2.66. The first kappa shape index (κ1) is 15.1. The monoisotopic (exact) mass is 336 g/mol. The van der Waals surface area contributed by atoms with Gasteiger partial charge in [0, 0.05) is 16.3 Å². The highest BCUT2D eigenvalue weighted by Gasteiger charge is 2.13. The van der Waals surface area contributed by atoms with Gasteiger partial charge in [-0.15, -0.1) is 0 Å². The molecule has 1 amide bonds. The summed E-state index contributed by atoms with van der Waals surface area (Å²) in [4.78, 5) is 27.7. The molecule has 0 unspecified atom stereocenters. The molecule has 0 bridgehead atoms. The van der Waals surface area contributed by atoms with E-state index in [1.54, 1.807) is 12.3 Å². The molecule has 25 heavy (non-hydrogen) atoms. The van der Waals surface area contributed by atoms with Crippen molar-refractivity contribution in [1.82, 2.24) is 14.8 Å². The number of nitrogens with zero attached hydrogens (tertiary/aromatic N) is 2. The number of anilines is 1. The average Bonchev–Trinajstić information content (AvgIpc) is 2.99. The molecule has 0 radical (unpaired) electrons. The molecule has 0 saturated carbocycles. The van der Waals surface area contributed by atoms with Crippen molar-refractivity contribution in [3.05, 3.63) is 70.9 Å². The zero-order valence-corrected chi connectivity index (χ0v) is 13.0. The van der Waals surface area contributed by atoms with E-state index in [2.05, 4.69) is 15.4 Å². The first-order chi connectivity index (χ1) is 12.1. The number of para-hydroxylation sites is 2. The van der Waals surface area contributed by atoms with Crippen molar-refractivity contribution < 1.29 is 9.18 Å². The molecule has 2 aromatic carbocycles. The van der Waals surface area contributed by atoms with Crippen LogP contribution < -0.4 is 10.9 Å². The van der Waals surface area contributed by atoms with Gasteiger partial charge in [-0.2, -0.15) is 5.10 Å². The van der Waals surface area contributed by atoms with Crippen molar-refractivity contribution >= 4 is 33.4 Å². The third kappa shape index (κ3) is 2.65. The number of hydrogen-bond donors (Lipinski definition) is 2. The van der Waals surface area contributed by atoms with E-state index in [0.717, 1.165) is 15.6 Å². The van der Waals surface area contributed by atoms with E-state index >= 15 is 0 Å². The maximum atomic E-state index is 13.6. The lowest BCUT2D eigenvalue weighted by Crippen LogP contribution is -2.29. The fourth-order valence-corrected chi connectivity index (χ4v) is 2.78. The fraction of sp³-hybridized carbons (Fsp3) is 0.0556. The topological polar surface area (TPSA) is 79.8 Å². The van der Waals surface area contributed by atoms with Crippen LogP contribution >= 0.6 is 0 Å². The maximum Gasteiger partial charge on any atom is 0.291 e. The van der Waals surface area contributed by atoms with Crippen molar-refractivity contribution in [1.29, 1.82) is 0 Å². The second kappa shape index (κ2) is 5.86. The lowest BCUT2D eigenvalue weighted by Gasteiger charge is -2.07. The van der Waals surface area contributed by atoms with Gasteiger partial charge in [-0.1, -0.05) is 30.3 Å². The fourth-order valence-electron chi connectivity index (χ4n) is 2.78. The Bertz CT molecular complexity index is 1160. The van der Waals surface area contributed by atoms with Crippen molar-refractivity contribution in [2.24, 2.45) is 0 Å². The van der Waals surface area contributed by atoms with Crippen molar-refractivity contribution in [3.8, 4) is 0 Å². The highest BCUT2D eigenvalue weighted by molar-refractivity contribution is 6.06. The molecule has 6 nitrogen and oxygen atoms in total. The predicted molar refractivity (Wildman–Crippen MR) is 92.9 cm³/mol. The second-order valence-electron chi connectivity index (χ2n) is 5.59. The van der Waals surface area contributed by atoms with Crippen molar-refractivity contribution in [2.75, 3.05) is 5.32 Å². The van der Waals surface area contributed by atoms with Crippen molar-refractivity contribution in [3.63, 3.8) is 0 Å². The Labute approximate surface area is 140 Å². The third-order valence-electron chi connectivity index (χ3n) is 3.96. The van der Waals surface area contributed by atoms with Crippen LogP contribution in [0.2, 0.25) is 0 Å². The standard InChI is InChI=1S/C18H13FN4O2/c19-13-6-2-4-8-15(13)21-16(24)10-23-18(25)17-12(9-20-23)11-5-1-3-7-14(11)22-17/h1-9,22H,10H2,(H,21,24). The molecule has 4 aromatic rings. The number of amides is 1. The van der Waals surface area contributed by atoms with Crippen LogP contribution in [-0.4, -0.2) is 20.7 Å². The Hall–Kier alpha value is -3.48. The molecule has 2 N–H and O–H groups in total. The lowest BCUT2D eigenvalue weighted by atomic mass is 10.2. The number of halogens is 1. The number of benzene rings is 2. The van der Waals surface area contributed by atoms with E-state index in [1.165, 1.54) is 18.2 Å². The molecule has 0 aliphatic rings. The van der Waals surface area contributed by atoms with Gasteiger partial charge in [0.25, 0.3) is 5.56 Å². The Morgan fingerprint density at radius 2 is 1.88 bits per heavy atom. The molecular formula is C18H13FN4O2.